The molecule has 3 rings (SSSR count). The highest BCUT2D eigenvalue weighted by Crippen LogP contribution is 2.28. The Morgan fingerprint density at radius 1 is 1.16 bits per heavy atom. The maximum Gasteiger partial charge on any atom is 0.325 e. The lowest BCUT2D eigenvalue weighted by Gasteiger charge is -2.39. The van der Waals surface area contributed by atoms with Crippen molar-refractivity contribution in [1.29, 1.82) is 0 Å². The number of imide groups is 1. The quantitative estimate of drug-likeness (QED) is 0.760. The molecule has 1 aliphatic heterocycles. The van der Waals surface area contributed by atoms with Crippen LogP contribution in [0.2, 0.25) is 0 Å². The fourth-order valence-electron chi connectivity index (χ4n) is 3.72. The van der Waals surface area contributed by atoms with E-state index in [1.165, 1.54) is 30.6 Å². The van der Waals surface area contributed by atoms with E-state index in [0.29, 0.717) is 12.5 Å². The van der Waals surface area contributed by atoms with E-state index >= 15 is 0 Å². The number of hydrogen-bond donors (Lipinski definition) is 3. The van der Waals surface area contributed by atoms with Crippen LogP contribution in [0, 0.1) is 11.8 Å². The summed E-state index contributed by atoms with van der Waals surface area (Å²) in [7, 11) is 0. The lowest BCUT2D eigenvalue weighted by atomic mass is 9.83. The van der Waals surface area contributed by atoms with Crippen molar-refractivity contribution >= 4 is 11.9 Å². The molecular formula is C19H28N4O2. The third-order valence-corrected chi connectivity index (χ3v) is 5.43. The van der Waals surface area contributed by atoms with E-state index in [9.17, 15) is 9.59 Å². The number of hydrogen-bond acceptors (Lipinski definition) is 4. The molecule has 25 heavy (non-hydrogen) atoms. The number of nitrogens with one attached hydrogen (secondary N) is 2. The highest BCUT2D eigenvalue weighted by atomic mass is 16.2. The first-order valence-corrected chi connectivity index (χ1v) is 9.19. The Morgan fingerprint density at radius 3 is 2.52 bits per heavy atom. The largest absolute Gasteiger partial charge is 0.325 e. The molecule has 1 aromatic rings. The summed E-state index contributed by atoms with van der Waals surface area (Å²) in [5, 5.41) is 5.74. The lowest BCUT2D eigenvalue weighted by Crippen LogP contribution is -2.69. The Kier molecular flexibility index (Phi) is 5.71. The number of carbonyl (C=O) groups is 2. The molecule has 0 spiro atoms. The summed E-state index contributed by atoms with van der Waals surface area (Å²) >= 11 is 0. The Balaban J connectivity index is 1.60. The van der Waals surface area contributed by atoms with E-state index in [1.807, 2.05) is 30.3 Å². The van der Waals surface area contributed by atoms with Crippen LogP contribution >= 0.6 is 0 Å². The summed E-state index contributed by atoms with van der Waals surface area (Å²) in [5.41, 5.74) is 7.26. The van der Waals surface area contributed by atoms with E-state index in [0.717, 1.165) is 18.0 Å². The Labute approximate surface area is 149 Å². The minimum absolute atomic E-state index is 0.328. The molecule has 6 nitrogen and oxygen atoms in total. The fourth-order valence-corrected chi connectivity index (χ4v) is 3.72. The minimum Gasteiger partial charge on any atom is -0.309 e. The maximum absolute atomic E-state index is 12.2. The van der Waals surface area contributed by atoms with Crippen molar-refractivity contribution in [3.05, 3.63) is 35.9 Å². The van der Waals surface area contributed by atoms with Crippen LogP contribution in [-0.4, -0.2) is 35.6 Å². The van der Waals surface area contributed by atoms with Crippen molar-refractivity contribution in [3.63, 3.8) is 0 Å². The summed E-state index contributed by atoms with van der Waals surface area (Å²) in [6.45, 7) is 3.45. The molecule has 0 bridgehead atoms. The second-order valence-corrected chi connectivity index (χ2v) is 7.41. The van der Waals surface area contributed by atoms with Crippen molar-refractivity contribution in [2.75, 3.05) is 6.54 Å². The predicted octanol–water partition coefficient (Wildman–Crippen LogP) is 1.81. The topological polar surface area (TPSA) is 87.5 Å². The molecule has 0 aromatic heterocycles. The van der Waals surface area contributed by atoms with E-state index in [1.54, 1.807) is 0 Å². The number of amides is 3. The van der Waals surface area contributed by atoms with Gasteiger partial charge in [-0.3, -0.25) is 10.1 Å². The number of nitrogens with zero attached hydrogens (tertiary/aromatic N) is 1. The summed E-state index contributed by atoms with van der Waals surface area (Å²) in [5.74, 6) is 1.05. The third kappa shape index (κ3) is 4.38. The van der Waals surface area contributed by atoms with E-state index in [4.69, 9.17) is 5.73 Å². The average Bonchev–Trinajstić information content (AvgIpc) is 2.61. The lowest BCUT2D eigenvalue weighted by molar-refractivity contribution is -0.125. The third-order valence-electron chi connectivity index (χ3n) is 5.43. The van der Waals surface area contributed by atoms with Gasteiger partial charge in [-0.25, -0.2) is 4.79 Å². The van der Waals surface area contributed by atoms with Gasteiger partial charge in [-0.1, -0.05) is 50.1 Å². The first kappa shape index (κ1) is 17.9. The second kappa shape index (κ2) is 7.97. The van der Waals surface area contributed by atoms with Gasteiger partial charge in [0.15, 0.2) is 0 Å². The number of nitrogens with two attached hydrogens (primary N) is 1. The van der Waals surface area contributed by atoms with Gasteiger partial charge in [-0.15, -0.1) is 0 Å². The molecule has 136 valence electrons. The van der Waals surface area contributed by atoms with E-state index in [2.05, 4.69) is 17.6 Å². The molecule has 1 heterocycles. The molecule has 2 fully saturated rings. The van der Waals surface area contributed by atoms with Gasteiger partial charge in [0.2, 0.25) is 5.91 Å². The molecular weight excluding hydrogens is 316 g/mol. The molecule has 2 atom stereocenters. The molecule has 2 aliphatic rings. The monoisotopic (exact) mass is 344 g/mol. The van der Waals surface area contributed by atoms with Crippen LogP contribution in [0.1, 0.15) is 38.2 Å². The van der Waals surface area contributed by atoms with Crippen LogP contribution in [0.4, 0.5) is 4.79 Å². The first-order chi connectivity index (χ1) is 12.0. The van der Waals surface area contributed by atoms with Crippen molar-refractivity contribution in [3.8, 4) is 0 Å². The molecule has 2 unspecified atom stereocenters. The molecule has 1 saturated carbocycles. The second-order valence-electron chi connectivity index (χ2n) is 7.41. The average molecular weight is 344 g/mol. The molecule has 6 heteroatoms. The Morgan fingerprint density at radius 2 is 1.84 bits per heavy atom. The highest BCUT2D eigenvalue weighted by molar-refractivity contribution is 6.00. The van der Waals surface area contributed by atoms with Gasteiger partial charge < -0.3 is 16.0 Å². The molecule has 0 radical (unpaired) electrons. The predicted molar refractivity (Wildman–Crippen MR) is 96.4 cm³/mol. The first-order valence-electron chi connectivity index (χ1n) is 9.19. The zero-order valence-corrected chi connectivity index (χ0v) is 14.8. The van der Waals surface area contributed by atoms with Crippen molar-refractivity contribution in [2.24, 2.45) is 17.6 Å². The number of rotatable bonds is 5. The maximum atomic E-state index is 12.2. The van der Waals surface area contributed by atoms with E-state index in [-0.39, 0.29) is 5.91 Å². The Bertz CT molecular complexity index is 599. The van der Waals surface area contributed by atoms with Crippen molar-refractivity contribution < 1.29 is 9.59 Å². The van der Waals surface area contributed by atoms with Gasteiger partial charge in [0.25, 0.3) is 0 Å². The van der Waals surface area contributed by atoms with Gasteiger partial charge in [0, 0.05) is 6.54 Å². The highest BCUT2D eigenvalue weighted by Gasteiger charge is 2.39. The molecule has 1 aliphatic carbocycles. The summed E-state index contributed by atoms with van der Waals surface area (Å²) in [4.78, 5) is 26.0. The minimum atomic E-state index is -0.663. The summed E-state index contributed by atoms with van der Waals surface area (Å²) in [6, 6.07) is 8.68. The molecule has 3 amide bonds. The number of benzene rings is 1. The van der Waals surface area contributed by atoms with Gasteiger partial charge in [-0.2, -0.15) is 0 Å². The SMILES string of the molecule is CC1CCC(CNC2C(=O)NC(=O)N(Cc3ccccc3)C2N)CC1. The fraction of sp³-hybridized carbons (Fsp3) is 0.579. The van der Waals surface area contributed by atoms with Crippen LogP contribution in [0.5, 0.6) is 0 Å². The smallest absolute Gasteiger partial charge is 0.309 e. The van der Waals surface area contributed by atoms with Gasteiger partial charge in [0.05, 0.1) is 0 Å². The number of carbonyl (C=O) groups excluding carboxylic acids is 2. The molecule has 1 aromatic carbocycles. The zero-order valence-electron chi connectivity index (χ0n) is 14.8. The van der Waals surface area contributed by atoms with Crippen molar-refractivity contribution in [1.82, 2.24) is 15.5 Å². The van der Waals surface area contributed by atoms with Crippen molar-refractivity contribution in [2.45, 2.75) is 51.4 Å². The normalized spacial score (nSPS) is 30.2. The molecule has 4 N–H and O–H groups in total. The molecule has 1 saturated heterocycles. The summed E-state index contributed by atoms with van der Waals surface area (Å²) in [6.07, 6.45) is 4.19. The van der Waals surface area contributed by atoms with Crippen LogP contribution in [0.15, 0.2) is 30.3 Å². The number of urea groups is 1. The van der Waals surface area contributed by atoms with Crippen LogP contribution in [0.3, 0.4) is 0 Å². The van der Waals surface area contributed by atoms with Crippen LogP contribution < -0.4 is 16.4 Å². The van der Waals surface area contributed by atoms with Crippen LogP contribution in [-0.2, 0) is 11.3 Å². The Hall–Kier alpha value is -1.92. The van der Waals surface area contributed by atoms with Gasteiger partial charge >= 0.3 is 6.03 Å². The summed E-state index contributed by atoms with van der Waals surface area (Å²) < 4.78 is 0. The van der Waals surface area contributed by atoms with Crippen LogP contribution in [0.25, 0.3) is 0 Å². The van der Waals surface area contributed by atoms with Gasteiger partial charge in [-0.05, 0) is 36.8 Å². The standard InChI is InChI=1S/C19H28N4O2/c1-13-7-9-14(10-8-13)11-21-16-17(20)23(19(25)22-18(16)24)12-15-5-3-2-4-6-15/h2-6,13-14,16-17,21H,7-12,20H2,1H3,(H,22,24,25). The van der Waals surface area contributed by atoms with Gasteiger partial charge in [0.1, 0.15) is 12.2 Å². The van der Waals surface area contributed by atoms with E-state index < -0.39 is 18.2 Å². The zero-order chi connectivity index (χ0) is 17.8.